The first kappa shape index (κ1) is 24.8. The Balaban J connectivity index is 2.06. The summed E-state index contributed by atoms with van der Waals surface area (Å²) in [5, 5.41) is 2.18. The molecule has 0 spiro atoms. The summed E-state index contributed by atoms with van der Waals surface area (Å²) in [6, 6.07) is -0.916. The van der Waals surface area contributed by atoms with Crippen LogP contribution in [0.1, 0.15) is 0 Å². The van der Waals surface area contributed by atoms with Gasteiger partial charge in [-0.05, 0) is 5.57 Å². The summed E-state index contributed by atoms with van der Waals surface area (Å²) >= 11 is 37.9. The van der Waals surface area contributed by atoms with Gasteiger partial charge in [-0.25, -0.2) is 9.59 Å². The van der Waals surface area contributed by atoms with Gasteiger partial charge in [0.1, 0.15) is 30.3 Å². The zero-order valence-corrected chi connectivity index (χ0v) is 20.5. The van der Waals surface area contributed by atoms with Crippen molar-refractivity contribution in [2.75, 3.05) is 24.3 Å². The molecule has 0 aromatic rings. The van der Waals surface area contributed by atoms with Crippen molar-refractivity contribution in [1.82, 2.24) is 10.2 Å². The Labute approximate surface area is 202 Å². The molecule has 1 N–H and O–H groups in total. The molecule has 0 aromatic heterocycles. The molecule has 0 saturated carbocycles. The smallest absolute Gasteiger partial charge is 0.408 e. The molecule has 2 aliphatic rings. The highest BCUT2D eigenvalue weighted by Gasteiger charge is 2.54. The summed E-state index contributed by atoms with van der Waals surface area (Å²) in [6.07, 6.45) is -0.930. The molecule has 0 unspecified atom stereocenters. The molecule has 1 fully saturated rings. The molecule has 158 valence electrons. The Morgan fingerprint density at radius 3 is 2.25 bits per heavy atom. The molecule has 2 amide bonds. The number of esters is 1. The number of ether oxygens (including phenoxy) is 2. The number of hydrogen-bond acceptors (Lipinski definition) is 6. The maximum absolute atomic E-state index is 12.5. The van der Waals surface area contributed by atoms with Crippen LogP contribution in [0, 0.1) is 0 Å². The summed E-state index contributed by atoms with van der Waals surface area (Å²) in [6.45, 7) is -0.978. The molecule has 7 nitrogen and oxygen atoms in total. The first-order chi connectivity index (χ1) is 12.8. The molecule has 28 heavy (non-hydrogen) atoms. The van der Waals surface area contributed by atoms with Crippen LogP contribution in [0.25, 0.3) is 0 Å². The first-order valence-electron chi connectivity index (χ1n) is 7.30. The zero-order chi connectivity index (χ0) is 21.3. The molecule has 2 heterocycles. The SMILES string of the molecule is O=C(N[C@@H]1C(=O)N2C(C(=O)OCC(Cl)(Cl)Cl)=C(CBr)CS[C@H]12)OCC(Cl)(Cl)Cl. The van der Waals surface area contributed by atoms with E-state index in [-0.39, 0.29) is 5.70 Å². The number of alkyl halides is 7. The van der Waals surface area contributed by atoms with Crippen LogP contribution < -0.4 is 5.32 Å². The van der Waals surface area contributed by atoms with Crippen LogP contribution in [0.4, 0.5) is 4.79 Å². The molecule has 15 heteroatoms. The van der Waals surface area contributed by atoms with Crippen molar-refractivity contribution in [3.05, 3.63) is 11.3 Å². The van der Waals surface area contributed by atoms with Crippen molar-refractivity contribution in [2.45, 2.75) is 19.0 Å². The first-order valence-corrected chi connectivity index (χ1v) is 11.7. The maximum Gasteiger partial charge on any atom is 0.408 e. The van der Waals surface area contributed by atoms with E-state index in [0.29, 0.717) is 16.7 Å². The Kier molecular flexibility index (Phi) is 8.64. The normalized spacial score (nSPS) is 22.4. The third kappa shape index (κ3) is 6.51. The molecule has 0 aliphatic carbocycles. The molecule has 1 saturated heterocycles. The van der Waals surface area contributed by atoms with Gasteiger partial charge in [0.25, 0.3) is 5.91 Å². The van der Waals surface area contributed by atoms with Crippen LogP contribution in [-0.2, 0) is 19.1 Å². The lowest BCUT2D eigenvalue weighted by molar-refractivity contribution is -0.151. The predicted octanol–water partition coefficient (Wildman–Crippen LogP) is 3.93. The minimum Gasteiger partial charge on any atom is -0.456 e. The van der Waals surface area contributed by atoms with E-state index in [0.717, 1.165) is 0 Å². The number of amides is 2. The van der Waals surface area contributed by atoms with E-state index in [1.54, 1.807) is 0 Å². The van der Waals surface area contributed by atoms with Crippen LogP contribution in [0.3, 0.4) is 0 Å². The molecule has 0 radical (unpaired) electrons. The Hall–Kier alpha value is 0.520. The highest BCUT2D eigenvalue weighted by molar-refractivity contribution is 9.09. The number of nitrogens with one attached hydrogen (secondary N) is 1. The minimum atomic E-state index is -1.79. The number of alkyl carbamates (subject to hydrolysis) is 1. The van der Waals surface area contributed by atoms with Crippen LogP contribution in [0.15, 0.2) is 11.3 Å². The van der Waals surface area contributed by atoms with Crippen molar-refractivity contribution in [1.29, 1.82) is 0 Å². The van der Waals surface area contributed by atoms with Gasteiger partial charge in [-0.1, -0.05) is 85.5 Å². The predicted molar refractivity (Wildman–Crippen MR) is 114 cm³/mol. The Bertz CT molecular complexity index is 698. The fourth-order valence-electron chi connectivity index (χ4n) is 2.31. The molecule has 2 atom stereocenters. The topological polar surface area (TPSA) is 84.9 Å². The van der Waals surface area contributed by atoms with Gasteiger partial charge in [0.15, 0.2) is 0 Å². The van der Waals surface area contributed by atoms with Crippen molar-refractivity contribution in [3.8, 4) is 0 Å². The third-order valence-corrected chi connectivity index (χ3v) is 6.08. The standard InChI is InChI=1S/C13H11BrCl6N2O5S/c14-1-5-2-28-9-6(21-11(25)27-4-13(18,19)20)8(23)22(9)7(5)10(24)26-3-12(15,16)17/h6,9H,1-4H2,(H,21,25)/t6-,9-/m1/s1. The highest BCUT2D eigenvalue weighted by Crippen LogP contribution is 2.41. The lowest BCUT2D eigenvalue weighted by Crippen LogP contribution is -2.70. The fourth-order valence-corrected chi connectivity index (χ4v) is 4.71. The van der Waals surface area contributed by atoms with Crippen LogP contribution >= 0.6 is 97.3 Å². The number of carbonyl (C=O) groups is 3. The van der Waals surface area contributed by atoms with E-state index in [1.807, 2.05) is 0 Å². The quantitative estimate of drug-likeness (QED) is 0.293. The van der Waals surface area contributed by atoms with Crippen molar-refractivity contribution in [3.63, 3.8) is 0 Å². The van der Waals surface area contributed by atoms with Crippen molar-refractivity contribution in [2.24, 2.45) is 0 Å². The molecule has 0 aromatic carbocycles. The van der Waals surface area contributed by atoms with Gasteiger partial charge in [0, 0.05) is 11.1 Å². The van der Waals surface area contributed by atoms with Gasteiger partial charge in [0.05, 0.1) is 0 Å². The van der Waals surface area contributed by atoms with E-state index in [9.17, 15) is 14.4 Å². The van der Waals surface area contributed by atoms with Gasteiger partial charge < -0.3 is 14.8 Å². The minimum absolute atomic E-state index is 0.0487. The van der Waals surface area contributed by atoms with Crippen LogP contribution in [0.5, 0.6) is 0 Å². The summed E-state index contributed by atoms with van der Waals surface area (Å²) in [4.78, 5) is 38.0. The van der Waals surface area contributed by atoms with Gasteiger partial charge in [-0.2, -0.15) is 0 Å². The second-order valence-electron chi connectivity index (χ2n) is 5.50. The van der Waals surface area contributed by atoms with E-state index in [1.165, 1.54) is 16.7 Å². The largest absolute Gasteiger partial charge is 0.456 e. The Morgan fingerprint density at radius 1 is 1.14 bits per heavy atom. The number of rotatable bonds is 5. The summed E-state index contributed by atoms with van der Waals surface area (Å²) in [5.74, 6) is -0.918. The van der Waals surface area contributed by atoms with E-state index >= 15 is 0 Å². The van der Waals surface area contributed by atoms with E-state index < -0.39 is 50.2 Å². The van der Waals surface area contributed by atoms with E-state index in [2.05, 4.69) is 21.2 Å². The lowest BCUT2D eigenvalue weighted by atomic mass is 10.0. The molecule has 0 bridgehead atoms. The average molecular weight is 600 g/mol. The third-order valence-electron chi connectivity index (χ3n) is 3.41. The maximum atomic E-state index is 12.5. The Morgan fingerprint density at radius 2 is 1.71 bits per heavy atom. The molecule has 2 rings (SSSR count). The number of thioether (sulfide) groups is 1. The van der Waals surface area contributed by atoms with E-state index in [4.69, 9.17) is 79.1 Å². The van der Waals surface area contributed by atoms with Crippen LogP contribution in [-0.4, -0.2) is 66.2 Å². The summed E-state index contributed by atoms with van der Waals surface area (Å²) in [5.41, 5.74) is 0.675. The van der Waals surface area contributed by atoms with Crippen molar-refractivity contribution >= 4 is 115 Å². The number of hydrogen-bond donors (Lipinski definition) is 1. The lowest BCUT2D eigenvalue weighted by Gasteiger charge is -2.49. The highest BCUT2D eigenvalue weighted by atomic mass is 79.9. The van der Waals surface area contributed by atoms with Crippen molar-refractivity contribution < 1.29 is 23.9 Å². The molecule has 2 aliphatic heterocycles. The van der Waals surface area contributed by atoms with Gasteiger partial charge in [-0.15, -0.1) is 11.8 Å². The van der Waals surface area contributed by atoms with Crippen LogP contribution in [0.2, 0.25) is 0 Å². The number of carbonyl (C=O) groups excluding carboxylic acids is 3. The second kappa shape index (κ2) is 9.77. The second-order valence-corrected chi connectivity index (χ2v) is 12.2. The molecular weight excluding hydrogens is 589 g/mol. The number of nitrogens with zero attached hydrogens (tertiary/aromatic N) is 1. The number of β-lactam (4-membered cyclic amide) rings is 1. The number of fused-ring (bicyclic) bond motifs is 1. The summed E-state index contributed by atoms with van der Waals surface area (Å²) in [7, 11) is 0. The van der Waals surface area contributed by atoms with Gasteiger partial charge in [-0.3, -0.25) is 9.69 Å². The zero-order valence-electron chi connectivity index (χ0n) is 13.5. The fraction of sp³-hybridized carbons (Fsp3) is 0.615. The van der Waals surface area contributed by atoms with Gasteiger partial charge >= 0.3 is 12.1 Å². The monoisotopic (exact) mass is 596 g/mol. The number of halogens is 7. The van der Waals surface area contributed by atoms with Gasteiger partial charge in [0.2, 0.25) is 7.59 Å². The molecular formula is C13H11BrCl6N2O5S. The summed E-state index contributed by atoms with van der Waals surface area (Å²) < 4.78 is 6.18. The average Bonchev–Trinajstić information content (AvgIpc) is 2.59.